The molecule has 3 rings (SSSR count). The second kappa shape index (κ2) is 5.77. The second-order valence-electron chi connectivity index (χ2n) is 4.52. The Morgan fingerprint density at radius 2 is 1.91 bits per heavy atom. The zero-order chi connectivity index (χ0) is 15.5. The largest absolute Gasteiger partial charge is 0.466 e. The van der Waals surface area contributed by atoms with Crippen molar-refractivity contribution in [3.05, 3.63) is 66.0 Å². The lowest BCUT2D eigenvalue weighted by Gasteiger charge is -2.04. The van der Waals surface area contributed by atoms with Gasteiger partial charge in [-0.1, -0.05) is 36.4 Å². The Labute approximate surface area is 126 Å². The molecule has 0 radical (unpaired) electrons. The van der Waals surface area contributed by atoms with Gasteiger partial charge < -0.3 is 4.74 Å². The number of carbonyl (C=O) groups is 1. The van der Waals surface area contributed by atoms with Crippen LogP contribution in [0.5, 0.6) is 6.01 Å². The molecule has 0 atom stereocenters. The molecule has 2 aromatic carbocycles. The number of ether oxygens (including phenoxy) is 1. The predicted molar refractivity (Wildman–Crippen MR) is 78.1 cm³/mol. The van der Waals surface area contributed by atoms with Crippen LogP contribution >= 0.6 is 0 Å². The van der Waals surface area contributed by atoms with Crippen LogP contribution in [-0.2, 0) is 0 Å². The molecule has 0 unspecified atom stereocenters. The highest BCUT2D eigenvalue weighted by molar-refractivity contribution is 5.97. The summed E-state index contributed by atoms with van der Waals surface area (Å²) >= 11 is 0. The summed E-state index contributed by atoms with van der Waals surface area (Å²) in [4.78, 5) is 16.7. The van der Waals surface area contributed by atoms with Gasteiger partial charge in [0.05, 0.1) is 7.11 Å². The molecule has 0 saturated carbocycles. The van der Waals surface area contributed by atoms with Crippen LogP contribution in [0.4, 0.5) is 4.39 Å². The molecule has 1 aromatic heterocycles. The number of halogens is 1. The van der Waals surface area contributed by atoms with Gasteiger partial charge in [0.1, 0.15) is 5.82 Å². The number of hydrogen-bond acceptors (Lipinski definition) is 4. The predicted octanol–water partition coefficient (Wildman–Crippen LogP) is 2.78. The van der Waals surface area contributed by atoms with Crippen LogP contribution in [0.1, 0.15) is 10.4 Å². The number of carbonyl (C=O) groups excluding carboxylic acids is 1. The zero-order valence-corrected chi connectivity index (χ0v) is 11.7. The van der Waals surface area contributed by atoms with Gasteiger partial charge >= 0.3 is 6.01 Å². The number of aromatic nitrogens is 3. The number of rotatable bonds is 3. The number of benzene rings is 2. The Hall–Kier alpha value is -3.02. The first kappa shape index (κ1) is 13.9. The first-order valence-electron chi connectivity index (χ1n) is 6.56. The molecule has 0 aliphatic carbocycles. The lowest BCUT2D eigenvalue weighted by Crippen LogP contribution is -2.15. The number of nitrogens with zero attached hydrogens (tertiary/aromatic N) is 3. The summed E-state index contributed by atoms with van der Waals surface area (Å²) in [6.07, 6.45) is 0. The molecular weight excluding hydrogens is 285 g/mol. The Kier molecular flexibility index (Phi) is 3.65. The molecule has 0 aliphatic rings. The van der Waals surface area contributed by atoms with E-state index in [1.54, 1.807) is 12.1 Å². The minimum atomic E-state index is -0.487. The van der Waals surface area contributed by atoms with E-state index in [0.717, 1.165) is 10.7 Å². The monoisotopic (exact) mass is 297 g/mol. The van der Waals surface area contributed by atoms with Crippen LogP contribution in [0.15, 0.2) is 54.6 Å². The van der Waals surface area contributed by atoms with Crippen molar-refractivity contribution >= 4 is 5.91 Å². The van der Waals surface area contributed by atoms with Crippen LogP contribution in [0.3, 0.4) is 0 Å². The van der Waals surface area contributed by atoms with Crippen molar-refractivity contribution in [1.82, 2.24) is 14.8 Å². The lowest BCUT2D eigenvalue weighted by atomic mass is 10.2. The zero-order valence-electron chi connectivity index (χ0n) is 11.7. The van der Waals surface area contributed by atoms with Crippen LogP contribution in [0.2, 0.25) is 0 Å². The van der Waals surface area contributed by atoms with Crippen LogP contribution < -0.4 is 4.74 Å². The molecule has 3 aromatic rings. The van der Waals surface area contributed by atoms with Gasteiger partial charge in [-0.3, -0.25) is 4.79 Å². The number of hydrogen-bond donors (Lipinski definition) is 0. The van der Waals surface area contributed by atoms with Crippen molar-refractivity contribution in [3.63, 3.8) is 0 Å². The third-order valence-corrected chi connectivity index (χ3v) is 3.07. The normalized spacial score (nSPS) is 10.5. The van der Waals surface area contributed by atoms with Gasteiger partial charge in [-0.25, -0.2) is 4.39 Å². The van der Waals surface area contributed by atoms with E-state index in [1.807, 2.05) is 18.2 Å². The van der Waals surface area contributed by atoms with Crippen molar-refractivity contribution < 1.29 is 13.9 Å². The van der Waals surface area contributed by atoms with E-state index in [2.05, 4.69) is 10.1 Å². The fourth-order valence-electron chi connectivity index (χ4n) is 2.04. The van der Waals surface area contributed by atoms with E-state index >= 15 is 0 Å². The summed E-state index contributed by atoms with van der Waals surface area (Å²) in [5, 5.41) is 4.02. The fourth-order valence-corrected chi connectivity index (χ4v) is 2.04. The van der Waals surface area contributed by atoms with Crippen molar-refractivity contribution in [1.29, 1.82) is 0 Å². The van der Waals surface area contributed by atoms with Crippen molar-refractivity contribution in [3.8, 4) is 17.4 Å². The quantitative estimate of drug-likeness (QED) is 0.746. The Morgan fingerprint density at radius 1 is 1.14 bits per heavy atom. The Balaban J connectivity index is 2.10. The molecule has 110 valence electrons. The molecule has 0 amide bonds. The highest BCUT2D eigenvalue weighted by Crippen LogP contribution is 2.20. The first-order valence-corrected chi connectivity index (χ1v) is 6.56. The van der Waals surface area contributed by atoms with Crippen molar-refractivity contribution in [2.45, 2.75) is 0 Å². The molecule has 0 aliphatic heterocycles. The topological polar surface area (TPSA) is 57.0 Å². The van der Waals surface area contributed by atoms with E-state index in [4.69, 9.17) is 4.74 Å². The Morgan fingerprint density at radius 3 is 2.59 bits per heavy atom. The standard InChI is InChI=1S/C16H12FN3O2/c1-22-16-18-14(11-6-3-2-4-7-11)20(19-16)15(21)12-8-5-9-13(17)10-12/h2-10H,1H3. The summed E-state index contributed by atoms with van der Waals surface area (Å²) < 4.78 is 19.4. The van der Waals surface area contributed by atoms with Crippen LogP contribution in [-0.4, -0.2) is 27.8 Å². The molecule has 5 nitrogen and oxygen atoms in total. The maximum absolute atomic E-state index is 13.3. The molecule has 6 heteroatoms. The molecule has 0 N–H and O–H groups in total. The van der Waals surface area contributed by atoms with Gasteiger partial charge in [0, 0.05) is 11.1 Å². The second-order valence-corrected chi connectivity index (χ2v) is 4.52. The molecule has 22 heavy (non-hydrogen) atoms. The molecule has 0 saturated heterocycles. The van der Waals surface area contributed by atoms with E-state index in [9.17, 15) is 9.18 Å². The average molecular weight is 297 g/mol. The van der Waals surface area contributed by atoms with E-state index in [-0.39, 0.29) is 11.6 Å². The minimum absolute atomic E-state index is 0.0728. The van der Waals surface area contributed by atoms with Crippen molar-refractivity contribution in [2.75, 3.05) is 7.11 Å². The van der Waals surface area contributed by atoms with Gasteiger partial charge in [-0.05, 0) is 18.2 Å². The number of methoxy groups -OCH3 is 1. The van der Waals surface area contributed by atoms with Crippen molar-refractivity contribution in [2.24, 2.45) is 0 Å². The van der Waals surface area contributed by atoms with E-state index in [1.165, 1.54) is 25.3 Å². The summed E-state index contributed by atoms with van der Waals surface area (Å²) in [5.41, 5.74) is 0.896. The fraction of sp³-hybridized carbons (Fsp3) is 0.0625. The summed E-state index contributed by atoms with van der Waals surface area (Å²) in [7, 11) is 1.42. The first-order chi connectivity index (χ1) is 10.7. The highest BCUT2D eigenvalue weighted by Gasteiger charge is 2.19. The third kappa shape index (κ3) is 2.58. The van der Waals surface area contributed by atoms with Gasteiger partial charge in [-0.15, -0.1) is 5.10 Å². The maximum Gasteiger partial charge on any atom is 0.336 e. The molecule has 0 bridgehead atoms. The minimum Gasteiger partial charge on any atom is -0.466 e. The van der Waals surface area contributed by atoms with Gasteiger partial charge in [0.2, 0.25) is 0 Å². The lowest BCUT2D eigenvalue weighted by molar-refractivity contribution is 0.0945. The van der Waals surface area contributed by atoms with Crippen LogP contribution in [0, 0.1) is 5.82 Å². The maximum atomic E-state index is 13.3. The van der Waals surface area contributed by atoms with Crippen LogP contribution in [0.25, 0.3) is 11.4 Å². The van der Waals surface area contributed by atoms with E-state index in [0.29, 0.717) is 11.4 Å². The highest BCUT2D eigenvalue weighted by atomic mass is 19.1. The van der Waals surface area contributed by atoms with Gasteiger partial charge in [0.15, 0.2) is 5.82 Å². The smallest absolute Gasteiger partial charge is 0.336 e. The third-order valence-electron chi connectivity index (χ3n) is 3.07. The summed E-state index contributed by atoms with van der Waals surface area (Å²) in [5.74, 6) is -0.625. The molecule has 0 spiro atoms. The van der Waals surface area contributed by atoms with E-state index < -0.39 is 11.7 Å². The summed E-state index contributed by atoms with van der Waals surface area (Å²) in [6, 6.07) is 14.6. The van der Waals surface area contributed by atoms with Gasteiger partial charge in [-0.2, -0.15) is 9.67 Å². The molecule has 1 heterocycles. The SMILES string of the molecule is COc1nc(-c2ccccc2)n(C(=O)c2cccc(F)c2)n1. The average Bonchev–Trinajstić information content (AvgIpc) is 2.99. The Bertz CT molecular complexity index is 815. The summed E-state index contributed by atoms with van der Waals surface area (Å²) in [6.45, 7) is 0. The molecular formula is C16H12FN3O2. The van der Waals surface area contributed by atoms with Gasteiger partial charge in [0.25, 0.3) is 5.91 Å². The molecule has 0 fully saturated rings.